The Morgan fingerprint density at radius 1 is 1.29 bits per heavy atom. The van der Waals surface area contributed by atoms with Gasteiger partial charge in [-0.3, -0.25) is 4.79 Å². The topological polar surface area (TPSA) is 81.4 Å². The van der Waals surface area contributed by atoms with Crippen LogP contribution >= 0.6 is 22.7 Å². The smallest absolute Gasteiger partial charge is 0.309 e. The Labute approximate surface area is 187 Å². The van der Waals surface area contributed by atoms with E-state index in [0.29, 0.717) is 11.5 Å². The van der Waals surface area contributed by atoms with E-state index in [-0.39, 0.29) is 18.5 Å². The molecule has 0 bridgehead atoms. The number of aromatic nitrogens is 3. The molecule has 0 radical (unpaired) electrons. The molecular formula is C22H22N4O3S2. The standard InChI is InChI=1S/C22H22N4O3S2/c1-13-14(2)31-21-19(13)20(23-12-24-21)26-7-5-15(6-8-26)22(27)28-11-16-10-17(29-25-16)18-4-3-9-30-18/h3-4,9-10,12,15H,5-8,11H2,1-2H3. The van der Waals surface area contributed by atoms with Crippen molar-refractivity contribution in [2.75, 3.05) is 18.0 Å². The van der Waals surface area contributed by atoms with Crippen molar-refractivity contribution in [1.29, 1.82) is 0 Å². The zero-order chi connectivity index (χ0) is 21.4. The summed E-state index contributed by atoms with van der Waals surface area (Å²) in [5.41, 5.74) is 1.87. The van der Waals surface area contributed by atoms with E-state index in [4.69, 9.17) is 9.26 Å². The minimum absolute atomic E-state index is 0.109. The third kappa shape index (κ3) is 3.95. The van der Waals surface area contributed by atoms with Crippen LogP contribution in [0.4, 0.5) is 5.82 Å². The van der Waals surface area contributed by atoms with Gasteiger partial charge in [0.25, 0.3) is 0 Å². The third-order valence-electron chi connectivity index (χ3n) is 5.76. The summed E-state index contributed by atoms with van der Waals surface area (Å²) in [6.07, 6.45) is 3.12. The third-order valence-corrected chi connectivity index (χ3v) is 7.76. The number of rotatable bonds is 5. The largest absolute Gasteiger partial charge is 0.459 e. The molecule has 0 N–H and O–H groups in total. The van der Waals surface area contributed by atoms with Crippen molar-refractivity contribution < 1.29 is 14.1 Å². The lowest BCUT2D eigenvalue weighted by Gasteiger charge is -2.32. The van der Waals surface area contributed by atoms with Crippen molar-refractivity contribution in [3.8, 4) is 10.6 Å². The summed E-state index contributed by atoms with van der Waals surface area (Å²) in [5.74, 6) is 1.39. The van der Waals surface area contributed by atoms with Gasteiger partial charge in [0.15, 0.2) is 5.76 Å². The number of ether oxygens (including phenoxy) is 1. The molecule has 5 rings (SSSR count). The first kappa shape index (κ1) is 20.1. The number of thiophene rings is 2. The van der Waals surface area contributed by atoms with Crippen LogP contribution in [-0.2, 0) is 16.1 Å². The summed E-state index contributed by atoms with van der Waals surface area (Å²) in [6.45, 7) is 5.91. The molecule has 1 aliphatic heterocycles. The van der Waals surface area contributed by atoms with Crippen LogP contribution < -0.4 is 4.90 Å². The van der Waals surface area contributed by atoms with E-state index in [2.05, 4.69) is 33.9 Å². The molecule has 0 aromatic carbocycles. The van der Waals surface area contributed by atoms with Crippen molar-refractivity contribution in [2.24, 2.45) is 5.92 Å². The van der Waals surface area contributed by atoms with Gasteiger partial charge in [0.05, 0.1) is 16.2 Å². The molecule has 0 spiro atoms. The van der Waals surface area contributed by atoms with Crippen LogP contribution in [0.2, 0.25) is 0 Å². The molecule has 7 nitrogen and oxygen atoms in total. The van der Waals surface area contributed by atoms with Crippen LogP contribution in [0.3, 0.4) is 0 Å². The molecule has 4 aromatic heterocycles. The highest BCUT2D eigenvalue weighted by Crippen LogP contribution is 2.35. The number of esters is 1. The fourth-order valence-electron chi connectivity index (χ4n) is 3.91. The van der Waals surface area contributed by atoms with E-state index in [1.807, 2.05) is 23.6 Å². The molecule has 31 heavy (non-hydrogen) atoms. The first-order chi connectivity index (χ1) is 15.1. The van der Waals surface area contributed by atoms with Gasteiger partial charge in [-0.25, -0.2) is 9.97 Å². The summed E-state index contributed by atoms with van der Waals surface area (Å²) in [7, 11) is 0. The molecule has 5 heterocycles. The van der Waals surface area contributed by atoms with Gasteiger partial charge in [0.2, 0.25) is 0 Å². The van der Waals surface area contributed by atoms with Gasteiger partial charge in [0, 0.05) is 24.0 Å². The highest BCUT2D eigenvalue weighted by molar-refractivity contribution is 7.18. The highest BCUT2D eigenvalue weighted by atomic mass is 32.1. The quantitative estimate of drug-likeness (QED) is 0.393. The number of anilines is 1. The van der Waals surface area contributed by atoms with Crippen molar-refractivity contribution in [3.05, 3.63) is 46.0 Å². The van der Waals surface area contributed by atoms with Crippen molar-refractivity contribution in [2.45, 2.75) is 33.3 Å². The number of carbonyl (C=O) groups excluding carboxylic acids is 1. The van der Waals surface area contributed by atoms with E-state index in [1.54, 1.807) is 29.0 Å². The number of carbonyl (C=O) groups is 1. The maximum atomic E-state index is 12.6. The second-order valence-corrected chi connectivity index (χ2v) is 9.84. The van der Waals surface area contributed by atoms with E-state index < -0.39 is 0 Å². The van der Waals surface area contributed by atoms with Crippen molar-refractivity contribution in [1.82, 2.24) is 15.1 Å². The predicted octanol–water partition coefficient (Wildman–Crippen LogP) is 4.98. The van der Waals surface area contributed by atoms with Crippen molar-refractivity contribution >= 4 is 44.7 Å². The van der Waals surface area contributed by atoms with Gasteiger partial charge in [0.1, 0.15) is 29.3 Å². The normalized spacial score (nSPS) is 15.0. The number of piperidine rings is 1. The summed E-state index contributed by atoms with van der Waals surface area (Å²) in [5, 5.41) is 7.13. The Hall–Kier alpha value is -2.78. The van der Waals surface area contributed by atoms with Gasteiger partial charge >= 0.3 is 5.97 Å². The molecule has 0 aliphatic carbocycles. The minimum atomic E-state index is -0.171. The average molecular weight is 455 g/mol. The van der Waals surface area contributed by atoms with Gasteiger partial charge < -0.3 is 14.2 Å². The van der Waals surface area contributed by atoms with E-state index in [0.717, 1.165) is 46.8 Å². The van der Waals surface area contributed by atoms with E-state index >= 15 is 0 Å². The SMILES string of the molecule is Cc1sc2ncnc(N3CCC(C(=O)OCc4cc(-c5cccs5)on4)CC3)c2c1C. The van der Waals surface area contributed by atoms with Crippen LogP contribution in [0.25, 0.3) is 20.9 Å². The summed E-state index contributed by atoms with van der Waals surface area (Å²) >= 11 is 3.29. The van der Waals surface area contributed by atoms with E-state index in [1.165, 1.54) is 10.4 Å². The number of hydrogen-bond acceptors (Lipinski definition) is 9. The fraction of sp³-hybridized carbons (Fsp3) is 0.364. The Morgan fingerprint density at radius 2 is 2.13 bits per heavy atom. The molecule has 1 fully saturated rings. The highest BCUT2D eigenvalue weighted by Gasteiger charge is 2.28. The molecule has 160 valence electrons. The van der Waals surface area contributed by atoms with Gasteiger partial charge in [-0.15, -0.1) is 22.7 Å². The van der Waals surface area contributed by atoms with Crippen LogP contribution in [0.1, 0.15) is 29.0 Å². The van der Waals surface area contributed by atoms with Crippen molar-refractivity contribution in [3.63, 3.8) is 0 Å². The van der Waals surface area contributed by atoms with Gasteiger partial charge in [-0.1, -0.05) is 11.2 Å². The molecule has 0 unspecified atom stereocenters. The molecule has 1 aliphatic rings. The average Bonchev–Trinajstić information content (AvgIpc) is 3.53. The Balaban J connectivity index is 1.19. The summed E-state index contributed by atoms with van der Waals surface area (Å²) < 4.78 is 10.9. The summed E-state index contributed by atoms with van der Waals surface area (Å²) in [4.78, 5) is 27.1. The molecule has 1 saturated heterocycles. The zero-order valence-electron chi connectivity index (χ0n) is 17.3. The maximum Gasteiger partial charge on any atom is 0.309 e. The number of hydrogen-bond donors (Lipinski definition) is 0. The van der Waals surface area contributed by atoms with Gasteiger partial charge in [-0.2, -0.15) is 0 Å². The monoisotopic (exact) mass is 454 g/mol. The number of aryl methyl sites for hydroxylation is 2. The Bertz CT molecular complexity index is 1210. The molecule has 0 amide bonds. The molecule has 0 atom stereocenters. The lowest BCUT2D eigenvalue weighted by molar-refractivity contribution is -0.150. The fourth-order valence-corrected chi connectivity index (χ4v) is 5.57. The van der Waals surface area contributed by atoms with Gasteiger partial charge in [-0.05, 0) is 43.7 Å². The Morgan fingerprint density at radius 3 is 2.90 bits per heavy atom. The van der Waals surface area contributed by atoms with Crippen LogP contribution in [0, 0.1) is 19.8 Å². The lowest BCUT2D eigenvalue weighted by atomic mass is 9.97. The first-order valence-electron chi connectivity index (χ1n) is 10.2. The number of nitrogens with zero attached hydrogens (tertiary/aromatic N) is 4. The number of fused-ring (bicyclic) bond motifs is 1. The summed E-state index contributed by atoms with van der Waals surface area (Å²) in [6, 6.07) is 5.76. The molecular weight excluding hydrogens is 432 g/mol. The molecule has 0 saturated carbocycles. The van der Waals surface area contributed by atoms with E-state index in [9.17, 15) is 4.79 Å². The lowest BCUT2D eigenvalue weighted by Crippen LogP contribution is -2.37. The first-order valence-corrected chi connectivity index (χ1v) is 11.9. The molecule has 9 heteroatoms. The van der Waals surface area contributed by atoms with Crippen LogP contribution in [0.5, 0.6) is 0 Å². The minimum Gasteiger partial charge on any atom is -0.459 e. The second-order valence-electron chi connectivity index (χ2n) is 7.69. The predicted molar refractivity (Wildman–Crippen MR) is 121 cm³/mol. The maximum absolute atomic E-state index is 12.6. The van der Waals surface area contributed by atoms with Crippen LogP contribution in [-0.4, -0.2) is 34.2 Å². The second kappa shape index (κ2) is 8.39. The molecule has 4 aromatic rings. The van der Waals surface area contributed by atoms with Crippen LogP contribution in [0.15, 0.2) is 34.4 Å². The zero-order valence-corrected chi connectivity index (χ0v) is 19.0. The Kier molecular flexibility index (Phi) is 5.45.